The van der Waals surface area contributed by atoms with Crippen molar-refractivity contribution in [1.29, 1.82) is 0 Å². The molecule has 2 aromatic rings. The lowest BCUT2D eigenvalue weighted by Crippen LogP contribution is -1.96. The maximum absolute atomic E-state index is 11.7. The minimum atomic E-state index is -1.16. The van der Waals surface area contributed by atoms with Crippen molar-refractivity contribution < 1.29 is 19.4 Å². The van der Waals surface area contributed by atoms with Gasteiger partial charge in [-0.15, -0.1) is 0 Å². The molecule has 0 radical (unpaired) electrons. The molecule has 0 fully saturated rings. The first-order chi connectivity index (χ1) is 10.0. The van der Waals surface area contributed by atoms with E-state index in [4.69, 9.17) is 21.4 Å². The van der Waals surface area contributed by atoms with Gasteiger partial charge in [-0.2, -0.15) is 0 Å². The Hall–Kier alpha value is -2.59. The Morgan fingerprint density at radius 3 is 2.33 bits per heavy atom. The van der Waals surface area contributed by atoms with E-state index in [9.17, 15) is 9.59 Å². The van der Waals surface area contributed by atoms with Crippen LogP contribution < -0.4 is 4.74 Å². The van der Waals surface area contributed by atoms with Gasteiger partial charge in [0.2, 0.25) is 0 Å². The summed E-state index contributed by atoms with van der Waals surface area (Å²) in [6.45, 7) is 0. The Kier molecular flexibility index (Phi) is 4.74. The predicted molar refractivity (Wildman–Crippen MR) is 79.1 cm³/mol. The molecule has 2 aromatic carbocycles. The SMILES string of the molecule is O=C(O)/C=C/C(=O)c1ccc(Oc2cccc(Cl)c2)cc1. The topological polar surface area (TPSA) is 63.6 Å². The highest BCUT2D eigenvalue weighted by molar-refractivity contribution is 6.30. The summed E-state index contributed by atoms with van der Waals surface area (Å²) in [7, 11) is 0. The minimum Gasteiger partial charge on any atom is -0.478 e. The van der Waals surface area contributed by atoms with Crippen LogP contribution in [0.1, 0.15) is 10.4 Å². The molecule has 0 heterocycles. The van der Waals surface area contributed by atoms with Crippen molar-refractivity contribution in [2.75, 3.05) is 0 Å². The second-order valence-corrected chi connectivity index (χ2v) is 4.56. The Balaban J connectivity index is 2.08. The highest BCUT2D eigenvalue weighted by atomic mass is 35.5. The van der Waals surface area contributed by atoms with E-state index in [-0.39, 0.29) is 5.78 Å². The maximum Gasteiger partial charge on any atom is 0.328 e. The van der Waals surface area contributed by atoms with Crippen molar-refractivity contribution in [3.8, 4) is 11.5 Å². The zero-order chi connectivity index (χ0) is 15.2. The van der Waals surface area contributed by atoms with Gasteiger partial charge in [0.25, 0.3) is 0 Å². The molecule has 2 rings (SSSR count). The summed E-state index contributed by atoms with van der Waals surface area (Å²) in [6.07, 6.45) is 1.81. The molecule has 0 spiro atoms. The number of carboxylic acids is 1. The number of carboxylic acid groups (broad SMARTS) is 1. The van der Waals surface area contributed by atoms with E-state index in [0.29, 0.717) is 22.1 Å². The van der Waals surface area contributed by atoms with Crippen LogP contribution in [-0.2, 0) is 4.79 Å². The number of aliphatic carboxylic acids is 1. The van der Waals surface area contributed by atoms with Gasteiger partial charge in [0.1, 0.15) is 11.5 Å². The Morgan fingerprint density at radius 2 is 1.71 bits per heavy atom. The third kappa shape index (κ3) is 4.47. The van der Waals surface area contributed by atoms with E-state index < -0.39 is 5.97 Å². The molecule has 0 aliphatic rings. The summed E-state index contributed by atoms with van der Waals surface area (Å²) in [5.74, 6) is -0.403. The van der Waals surface area contributed by atoms with Crippen LogP contribution in [0.2, 0.25) is 5.02 Å². The molecule has 21 heavy (non-hydrogen) atoms. The zero-order valence-electron chi connectivity index (χ0n) is 10.8. The Bertz CT molecular complexity index is 690. The lowest BCUT2D eigenvalue weighted by molar-refractivity contribution is -0.131. The molecule has 0 saturated carbocycles. The number of ether oxygens (including phenoxy) is 1. The van der Waals surface area contributed by atoms with Gasteiger partial charge in [-0.05, 0) is 48.5 Å². The van der Waals surface area contributed by atoms with Crippen LogP contribution in [0.5, 0.6) is 11.5 Å². The van der Waals surface area contributed by atoms with Gasteiger partial charge in [0, 0.05) is 16.7 Å². The standard InChI is InChI=1S/C16H11ClO4/c17-12-2-1-3-14(10-12)21-13-6-4-11(5-7-13)15(18)8-9-16(19)20/h1-10H,(H,19,20)/b9-8+. The van der Waals surface area contributed by atoms with E-state index in [1.54, 1.807) is 48.5 Å². The smallest absolute Gasteiger partial charge is 0.328 e. The van der Waals surface area contributed by atoms with Gasteiger partial charge >= 0.3 is 5.97 Å². The Labute approximate surface area is 126 Å². The van der Waals surface area contributed by atoms with Gasteiger partial charge in [0.05, 0.1) is 0 Å². The van der Waals surface area contributed by atoms with E-state index in [0.717, 1.165) is 12.2 Å². The molecule has 0 unspecified atom stereocenters. The second kappa shape index (κ2) is 6.72. The van der Waals surface area contributed by atoms with Crippen LogP contribution in [0.3, 0.4) is 0 Å². The summed E-state index contributed by atoms with van der Waals surface area (Å²) in [6, 6.07) is 13.3. The molecule has 0 bridgehead atoms. The van der Waals surface area contributed by atoms with E-state index in [1.807, 2.05) is 0 Å². The first kappa shape index (κ1) is 14.8. The molecule has 5 heteroatoms. The molecular formula is C16H11ClO4. The number of ketones is 1. The van der Waals surface area contributed by atoms with E-state index in [2.05, 4.69) is 0 Å². The highest BCUT2D eigenvalue weighted by Gasteiger charge is 2.04. The van der Waals surface area contributed by atoms with Crippen molar-refractivity contribution in [1.82, 2.24) is 0 Å². The van der Waals surface area contributed by atoms with Crippen LogP contribution in [0, 0.1) is 0 Å². The fourth-order valence-electron chi connectivity index (χ4n) is 1.60. The number of carbonyl (C=O) groups excluding carboxylic acids is 1. The molecule has 0 atom stereocenters. The summed E-state index contributed by atoms with van der Waals surface area (Å²) >= 11 is 5.86. The quantitative estimate of drug-likeness (QED) is 0.671. The number of halogens is 1. The summed E-state index contributed by atoms with van der Waals surface area (Å²) in [4.78, 5) is 22.0. The number of carbonyl (C=O) groups is 2. The molecular weight excluding hydrogens is 292 g/mol. The summed E-state index contributed by atoms with van der Waals surface area (Å²) < 4.78 is 5.58. The van der Waals surface area contributed by atoms with Crippen molar-refractivity contribution in [2.24, 2.45) is 0 Å². The largest absolute Gasteiger partial charge is 0.478 e. The van der Waals surface area contributed by atoms with Gasteiger partial charge in [-0.1, -0.05) is 17.7 Å². The molecule has 0 aliphatic heterocycles. The molecule has 0 aromatic heterocycles. The fraction of sp³-hybridized carbons (Fsp3) is 0. The molecule has 4 nitrogen and oxygen atoms in total. The number of benzene rings is 2. The van der Waals surface area contributed by atoms with Crippen molar-refractivity contribution >= 4 is 23.4 Å². The zero-order valence-corrected chi connectivity index (χ0v) is 11.6. The van der Waals surface area contributed by atoms with Crippen molar-refractivity contribution in [3.05, 3.63) is 71.3 Å². The van der Waals surface area contributed by atoms with Crippen molar-refractivity contribution in [2.45, 2.75) is 0 Å². The van der Waals surface area contributed by atoms with E-state index in [1.165, 1.54) is 0 Å². The van der Waals surface area contributed by atoms with Gasteiger partial charge in [-0.3, -0.25) is 4.79 Å². The normalized spacial score (nSPS) is 10.5. The minimum absolute atomic E-state index is 0.381. The van der Waals surface area contributed by atoms with Gasteiger partial charge < -0.3 is 9.84 Å². The summed E-state index contributed by atoms with van der Waals surface area (Å²) in [5.41, 5.74) is 0.381. The second-order valence-electron chi connectivity index (χ2n) is 4.12. The lowest BCUT2D eigenvalue weighted by atomic mass is 10.1. The van der Waals surface area contributed by atoms with Gasteiger partial charge in [-0.25, -0.2) is 4.79 Å². The number of allylic oxidation sites excluding steroid dienone is 1. The van der Waals surface area contributed by atoms with Crippen LogP contribution >= 0.6 is 11.6 Å². The molecule has 1 N–H and O–H groups in total. The van der Waals surface area contributed by atoms with Gasteiger partial charge in [0.15, 0.2) is 5.78 Å². The number of rotatable bonds is 5. The monoisotopic (exact) mass is 302 g/mol. The summed E-state index contributed by atoms with van der Waals surface area (Å²) in [5, 5.41) is 9.04. The first-order valence-electron chi connectivity index (χ1n) is 6.03. The fourth-order valence-corrected chi connectivity index (χ4v) is 1.78. The van der Waals surface area contributed by atoms with E-state index >= 15 is 0 Å². The predicted octanol–water partition coefficient (Wildman–Crippen LogP) is 3.96. The van der Waals surface area contributed by atoms with Crippen LogP contribution in [-0.4, -0.2) is 16.9 Å². The highest BCUT2D eigenvalue weighted by Crippen LogP contribution is 2.24. The van der Waals surface area contributed by atoms with Crippen molar-refractivity contribution in [3.63, 3.8) is 0 Å². The van der Waals surface area contributed by atoms with Crippen LogP contribution in [0.15, 0.2) is 60.7 Å². The molecule has 0 saturated heterocycles. The molecule has 0 aliphatic carbocycles. The van der Waals surface area contributed by atoms with Crippen LogP contribution in [0.4, 0.5) is 0 Å². The molecule has 0 amide bonds. The maximum atomic E-state index is 11.7. The third-order valence-corrected chi connectivity index (χ3v) is 2.78. The lowest BCUT2D eigenvalue weighted by Gasteiger charge is -2.06. The average Bonchev–Trinajstić information content (AvgIpc) is 2.45. The van der Waals surface area contributed by atoms with Crippen LogP contribution in [0.25, 0.3) is 0 Å². The number of hydrogen-bond donors (Lipinski definition) is 1. The molecule has 106 valence electrons. The average molecular weight is 303 g/mol. The Morgan fingerprint density at radius 1 is 1.00 bits per heavy atom. The first-order valence-corrected chi connectivity index (χ1v) is 6.41. The number of hydrogen-bond acceptors (Lipinski definition) is 3. The third-order valence-electron chi connectivity index (χ3n) is 2.55.